The van der Waals surface area contributed by atoms with Crippen LogP contribution in [0, 0.1) is 11.3 Å². The summed E-state index contributed by atoms with van der Waals surface area (Å²) in [5.74, 6) is -0.833. The fourth-order valence-corrected chi connectivity index (χ4v) is 1.29. The van der Waals surface area contributed by atoms with Gasteiger partial charge in [-0.3, -0.25) is 4.79 Å². The van der Waals surface area contributed by atoms with Crippen molar-refractivity contribution >= 4 is 11.7 Å². The van der Waals surface area contributed by atoms with Crippen LogP contribution in [0.5, 0.6) is 0 Å². The number of anilines is 1. The van der Waals surface area contributed by atoms with Crippen molar-refractivity contribution < 1.29 is 9.90 Å². The molecule has 1 N–H and O–H groups in total. The summed E-state index contributed by atoms with van der Waals surface area (Å²) in [4.78, 5) is 11.2. The van der Waals surface area contributed by atoms with Gasteiger partial charge in [0.1, 0.15) is 0 Å². The average Bonchev–Trinajstić information content (AvgIpc) is 2.31. The first-order chi connectivity index (χ1) is 8.11. The largest absolute Gasteiger partial charge is 0.481 e. The van der Waals surface area contributed by atoms with E-state index in [2.05, 4.69) is 30.0 Å². The molecule has 0 saturated heterocycles. The molecule has 0 saturated carbocycles. The average molecular weight is 234 g/mol. The topological polar surface area (TPSA) is 64.3 Å². The number of hydrogen-bond acceptors (Lipinski definition) is 3. The first kappa shape index (κ1) is 15.0. The number of carboxylic acid groups (broad SMARTS) is 1. The third-order valence-electron chi connectivity index (χ3n) is 2.00. The van der Waals surface area contributed by atoms with E-state index < -0.39 is 5.97 Å². The van der Waals surface area contributed by atoms with Crippen molar-refractivity contribution in [2.24, 2.45) is 0 Å². The predicted octanol–water partition coefficient (Wildman–Crippen LogP) is 2.52. The lowest BCUT2D eigenvalue weighted by molar-refractivity contribution is -0.134. The molecule has 0 aliphatic heterocycles. The Morgan fingerprint density at radius 1 is 1.41 bits per heavy atom. The zero-order valence-electron chi connectivity index (χ0n) is 10.3. The number of aliphatic carboxylic acids is 1. The molecule has 1 rings (SSSR count). The summed E-state index contributed by atoms with van der Waals surface area (Å²) < 4.78 is 0. The van der Waals surface area contributed by atoms with Crippen LogP contribution in [0.4, 0.5) is 5.69 Å². The molecular formula is C13H18N2O2. The standard InChI is InChI=1S/C11H14N2.C2H4O2/c1-2-13(10-6-9-12)11-7-4-3-5-8-11;1-2(3)4/h3-5,7-8H,2,6,10H2,1H3;1H3,(H,3,4). The summed E-state index contributed by atoms with van der Waals surface area (Å²) in [7, 11) is 0. The van der Waals surface area contributed by atoms with Gasteiger partial charge >= 0.3 is 0 Å². The second-order valence-electron chi connectivity index (χ2n) is 3.34. The van der Waals surface area contributed by atoms with Crippen LogP contribution < -0.4 is 4.90 Å². The van der Waals surface area contributed by atoms with E-state index in [1.807, 2.05) is 18.2 Å². The molecule has 17 heavy (non-hydrogen) atoms. The van der Waals surface area contributed by atoms with Gasteiger partial charge < -0.3 is 10.0 Å². The lowest BCUT2D eigenvalue weighted by Crippen LogP contribution is -2.23. The van der Waals surface area contributed by atoms with Crippen LogP contribution in [-0.4, -0.2) is 24.2 Å². The molecule has 0 fully saturated rings. The highest BCUT2D eigenvalue weighted by Gasteiger charge is 2.01. The Hall–Kier alpha value is -2.02. The Balaban J connectivity index is 0.000000557. The van der Waals surface area contributed by atoms with Crippen LogP contribution in [0.25, 0.3) is 0 Å². The molecule has 0 atom stereocenters. The molecule has 0 aliphatic rings. The minimum atomic E-state index is -0.833. The van der Waals surface area contributed by atoms with Crippen LogP contribution in [0.3, 0.4) is 0 Å². The lowest BCUT2D eigenvalue weighted by Gasteiger charge is -2.21. The molecule has 92 valence electrons. The Labute approximate surface area is 102 Å². The van der Waals surface area contributed by atoms with Gasteiger partial charge in [0.2, 0.25) is 0 Å². The summed E-state index contributed by atoms with van der Waals surface area (Å²) in [6, 6.07) is 12.3. The van der Waals surface area contributed by atoms with Crippen molar-refractivity contribution in [3.8, 4) is 6.07 Å². The van der Waals surface area contributed by atoms with Crippen LogP contribution in [0.2, 0.25) is 0 Å². The minimum Gasteiger partial charge on any atom is -0.481 e. The Kier molecular flexibility index (Phi) is 8.13. The normalized spacial score (nSPS) is 8.53. The summed E-state index contributed by atoms with van der Waals surface area (Å²) >= 11 is 0. The van der Waals surface area contributed by atoms with E-state index in [-0.39, 0.29) is 0 Å². The number of benzene rings is 1. The van der Waals surface area contributed by atoms with E-state index in [0.29, 0.717) is 6.42 Å². The minimum absolute atomic E-state index is 0.586. The zero-order chi connectivity index (χ0) is 13.1. The van der Waals surface area contributed by atoms with Crippen LogP contribution >= 0.6 is 0 Å². The first-order valence-electron chi connectivity index (χ1n) is 5.48. The molecule has 1 aromatic carbocycles. The van der Waals surface area contributed by atoms with Gasteiger partial charge in [-0.1, -0.05) is 18.2 Å². The van der Waals surface area contributed by atoms with E-state index in [4.69, 9.17) is 15.2 Å². The smallest absolute Gasteiger partial charge is 0.300 e. The second kappa shape index (κ2) is 9.22. The van der Waals surface area contributed by atoms with Gasteiger partial charge in [-0.15, -0.1) is 0 Å². The van der Waals surface area contributed by atoms with Gasteiger partial charge in [-0.25, -0.2) is 0 Å². The number of carbonyl (C=O) groups is 1. The third kappa shape index (κ3) is 7.86. The van der Waals surface area contributed by atoms with E-state index in [1.54, 1.807) is 0 Å². The first-order valence-corrected chi connectivity index (χ1v) is 5.48. The SMILES string of the molecule is CC(=O)O.CCN(CCC#N)c1ccccc1. The molecule has 4 nitrogen and oxygen atoms in total. The summed E-state index contributed by atoms with van der Waals surface area (Å²) in [5, 5.41) is 15.9. The maximum atomic E-state index is 9.00. The van der Waals surface area contributed by atoms with E-state index in [0.717, 1.165) is 20.0 Å². The van der Waals surface area contributed by atoms with Crippen LogP contribution in [0.1, 0.15) is 20.3 Å². The Bertz CT molecular complexity index is 353. The molecule has 1 aromatic rings. The molecule has 0 spiro atoms. The van der Waals surface area contributed by atoms with E-state index in [9.17, 15) is 0 Å². The fraction of sp³-hybridized carbons (Fsp3) is 0.385. The van der Waals surface area contributed by atoms with E-state index >= 15 is 0 Å². The van der Waals surface area contributed by atoms with Gasteiger partial charge in [0.15, 0.2) is 0 Å². The number of hydrogen-bond donors (Lipinski definition) is 1. The van der Waals surface area contributed by atoms with Gasteiger partial charge in [-0.05, 0) is 19.1 Å². The highest BCUT2D eigenvalue weighted by molar-refractivity contribution is 5.62. The van der Waals surface area contributed by atoms with Gasteiger partial charge in [0.25, 0.3) is 5.97 Å². The monoisotopic (exact) mass is 234 g/mol. The summed E-state index contributed by atoms with van der Waals surface area (Å²) in [6.45, 7) is 4.95. The summed E-state index contributed by atoms with van der Waals surface area (Å²) in [6.07, 6.45) is 0.586. The van der Waals surface area contributed by atoms with Crippen molar-refractivity contribution in [2.45, 2.75) is 20.3 Å². The number of nitriles is 1. The zero-order valence-corrected chi connectivity index (χ0v) is 10.3. The Morgan fingerprint density at radius 2 is 1.94 bits per heavy atom. The van der Waals surface area contributed by atoms with Crippen molar-refractivity contribution in [2.75, 3.05) is 18.0 Å². The maximum Gasteiger partial charge on any atom is 0.300 e. The number of nitrogens with zero attached hydrogens (tertiary/aromatic N) is 2. The highest BCUT2D eigenvalue weighted by Crippen LogP contribution is 2.12. The molecule has 0 aromatic heterocycles. The Morgan fingerprint density at radius 3 is 2.35 bits per heavy atom. The number of rotatable bonds is 4. The van der Waals surface area contributed by atoms with Gasteiger partial charge in [0.05, 0.1) is 12.5 Å². The maximum absolute atomic E-state index is 9.00. The van der Waals surface area contributed by atoms with Crippen molar-refractivity contribution in [1.29, 1.82) is 5.26 Å². The van der Waals surface area contributed by atoms with Crippen molar-refractivity contribution in [1.82, 2.24) is 0 Å². The quantitative estimate of drug-likeness (QED) is 0.869. The van der Waals surface area contributed by atoms with Crippen LogP contribution in [0.15, 0.2) is 30.3 Å². The molecule has 0 heterocycles. The molecule has 0 aliphatic carbocycles. The molecular weight excluding hydrogens is 216 g/mol. The lowest BCUT2D eigenvalue weighted by atomic mass is 10.2. The van der Waals surface area contributed by atoms with Crippen molar-refractivity contribution in [3.05, 3.63) is 30.3 Å². The molecule has 0 bridgehead atoms. The number of para-hydroxylation sites is 1. The number of carboxylic acids is 1. The van der Waals surface area contributed by atoms with E-state index in [1.165, 1.54) is 5.69 Å². The molecule has 4 heteroatoms. The predicted molar refractivity (Wildman–Crippen MR) is 67.9 cm³/mol. The highest BCUT2D eigenvalue weighted by atomic mass is 16.4. The fourth-order valence-electron chi connectivity index (χ4n) is 1.29. The second-order valence-corrected chi connectivity index (χ2v) is 3.34. The molecule has 0 amide bonds. The van der Waals surface area contributed by atoms with Gasteiger partial charge in [0, 0.05) is 25.7 Å². The van der Waals surface area contributed by atoms with Gasteiger partial charge in [-0.2, -0.15) is 5.26 Å². The summed E-state index contributed by atoms with van der Waals surface area (Å²) in [5.41, 5.74) is 1.19. The van der Waals surface area contributed by atoms with Crippen LogP contribution in [-0.2, 0) is 4.79 Å². The third-order valence-corrected chi connectivity index (χ3v) is 2.00. The van der Waals surface area contributed by atoms with Crippen molar-refractivity contribution in [3.63, 3.8) is 0 Å². The molecule has 0 radical (unpaired) electrons. The molecule has 0 unspecified atom stereocenters.